The summed E-state index contributed by atoms with van der Waals surface area (Å²) in [6.45, 7) is 2.50. The molecule has 3 aromatic rings. The maximum Gasteiger partial charge on any atom is 0.319 e. The third kappa shape index (κ3) is 5.08. The van der Waals surface area contributed by atoms with Crippen molar-refractivity contribution in [2.45, 2.75) is 19.6 Å². The average molecular weight is 377 g/mol. The van der Waals surface area contributed by atoms with Crippen molar-refractivity contribution >= 4 is 11.7 Å². The zero-order valence-corrected chi connectivity index (χ0v) is 15.6. The molecule has 0 spiro atoms. The van der Waals surface area contributed by atoms with Gasteiger partial charge >= 0.3 is 6.03 Å². The second-order valence-corrected chi connectivity index (χ2v) is 6.57. The van der Waals surface area contributed by atoms with Gasteiger partial charge in [-0.1, -0.05) is 42.5 Å². The van der Waals surface area contributed by atoms with Crippen LogP contribution in [-0.4, -0.2) is 22.2 Å². The summed E-state index contributed by atoms with van der Waals surface area (Å²) in [4.78, 5) is 23.8. The molecule has 0 aliphatic carbocycles. The first kappa shape index (κ1) is 19.4. The van der Waals surface area contributed by atoms with Gasteiger partial charge < -0.3 is 20.3 Å². The molecule has 3 rings (SSSR count). The van der Waals surface area contributed by atoms with Crippen molar-refractivity contribution in [3.05, 3.63) is 100.0 Å². The number of urea groups is 1. The molecule has 6 heteroatoms. The SMILES string of the molecule is Cc1ccccc1[C@@H](O)CNC(=O)Nc1ccc(Cn2ccccc2=O)cc1. The minimum Gasteiger partial charge on any atom is -0.387 e. The molecule has 0 bridgehead atoms. The fourth-order valence-corrected chi connectivity index (χ4v) is 2.92. The molecule has 144 valence electrons. The Morgan fingerprint density at radius 2 is 1.75 bits per heavy atom. The van der Waals surface area contributed by atoms with Crippen molar-refractivity contribution in [2.24, 2.45) is 0 Å². The number of carbonyl (C=O) groups excluding carboxylic acids is 1. The van der Waals surface area contributed by atoms with E-state index in [4.69, 9.17) is 0 Å². The molecular weight excluding hydrogens is 354 g/mol. The molecule has 1 aromatic heterocycles. The number of rotatable bonds is 6. The Labute approximate surface area is 163 Å². The molecule has 0 aliphatic heterocycles. The number of aliphatic hydroxyl groups excluding tert-OH is 1. The Morgan fingerprint density at radius 1 is 1.04 bits per heavy atom. The molecule has 0 fully saturated rings. The summed E-state index contributed by atoms with van der Waals surface area (Å²) < 4.78 is 1.61. The van der Waals surface area contributed by atoms with Gasteiger partial charge in [0.1, 0.15) is 0 Å². The van der Waals surface area contributed by atoms with Crippen LogP contribution in [0.1, 0.15) is 22.8 Å². The zero-order valence-electron chi connectivity index (χ0n) is 15.6. The van der Waals surface area contributed by atoms with Gasteiger partial charge in [0.05, 0.1) is 12.6 Å². The highest BCUT2D eigenvalue weighted by Crippen LogP contribution is 2.16. The van der Waals surface area contributed by atoms with Gasteiger partial charge in [-0.05, 0) is 41.8 Å². The summed E-state index contributed by atoms with van der Waals surface area (Å²) in [5.74, 6) is 0. The molecule has 2 amide bonds. The summed E-state index contributed by atoms with van der Waals surface area (Å²) in [6, 6.07) is 19.5. The number of aromatic nitrogens is 1. The minimum atomic E-state index is -0.765. The highest BCUT2D eigenvalue weighted by molar-refractivity contribution is 5.89. The Balaban J connectivity index is 1.52. The van der Waals surface area contributed by atoms with E-state index in [2.05, 4.69) is 10.6 Å². The number of nitrogens with one attached hydrogen (secondary N) is 2. The number of hydrogen-bond acceptors (Lipinski definition) is 3. The number of benzene rings is 2. The second kappa shape index (κ2) is 9.01. The fourth-order valence-electron chi connectivity index (χ4n) is 2.92. The lowest BCUT2D eigenvalue weighted by molar-refractivity contribution is 0.174. The topological polar surface area (TPSA) is 83.4 Å². The molecule has 0 saturated carbocycles. The van der Waals surface area contributed by atoms with Crippen molar-refractivity contribution < 1.29 is 9.90 Å². The average Bonchev–Trinajstić information content (AvgIpc) is 2.70. The number of hydrogen-bond donors (Lipinski definition) is 3. The Bertz CT molecular complexity index is 996. The molecule has 0 aliphatic rings. The van der Waals surface area contributed by atoms with Crippen LogP contribution in [0.25, 0.3) is 0 Å². The second-order valence-electron chi connectivity index (χ2n) is 6.57. The van der Waals surface area contributed by atoms with Crippen LogP contribution in [0.3, 0.4) is 0 Å². The van der Waals surface area contributed by atoms with Crippen LogP contribution in [0.15, 0.2) is 77.7 Å². The maximum absolute atomic E-state index is 12.1. The van der Waals surface area contributed by atoms with Crippen molar-refractivity contribution in [3.63, 3.8) is 0 Å². The number of carbonyl (C=O) groups is 1. The third-order valence-electron chi connectivity index (χ3n) is 4.47. The largest absolute Gasteiger partial charge is 0.387 e. The molecule has 0 unspecified atom stereocenters. The lowest BCUT2D eigenvalue weighted by Crippen LogP contribution is -2.32. The molecule has 1 heterocycles. The Morgan fingerprint density at radius 3 is 2.46 bits per heavy atom. The van der Waals surface area contributed by atoms with Crippen LogP contribution >= 0.6 is 0 Å². The van der Waals surface area contributed by atoms with E-state index in [9.17, 15) is 14.7 Å². The van der Waals surface area contributed by atoms with E-state index in [0.29, 0.717) is 12.2 Å². The summed E-state index contributed by atoms with van der Waals surface area (Å²) in [6.07, 6.45) is 0.973. The molecule has 0 saturated heterocycles. The molecule has 6 nitrogen and oxygen atoms in total. The van der Waals surface area contributed by atoms with E-state index in [-0.39, 0.29) is 18.1 Å². The standard InChI is InChI=1S/C22H23N3O3/c1-16-6-2-3-7-19(16)20(26)14-23-22(28)24-18-11-9-17(10-12-18)15-25-13-5-4-8-21(25)27/h2-13,20,26H,14-15H2,1H3,(H2,23,24,28)/t20-/m0/s1. The third-order valence-corrected chi connectivity index (χ3v) is 4.47. The van der Waals surface area contributed by atoms with Crippen LogP contribution in [0.2, 0.25) is 0 Å². The van der Waals surface area contributed by atoms with Gasteiger partial charge in [0.25, 0.3) is 5.56 Å². The number of pyridine rings is 1. The number of amides is 2. The van der Waals surface area contributed by atoms with Crippen LogP contribution in [-0.2, 0) is 6.54 Å². The molecule has 1 atom stereocenters. The number of aryl methyl sites for hydroxylation is 1. The highest BCUT2D eigenvalue weighted by atomic mass is 16.3. The van der Waals surface area contributed by atoms with Gasteiger partial charge in [-0.3, -0.25) is 4.79 Å². The van der Waals surface area contributed by atoms with E-state index in [1.165, 1.54) is 6.07 Å². The fraction of sp³-hybridized carbons (Fsp3) is 0.182. The summed E-state index contributed by atoms with van der Waals surface area (Å²) in [7, 11) is 0. The molecule has 2 aromatic carbocycles. The minimum absolute atomic E-state index is 0.0590. The summed E-state index contributed by atoms with van der Waals surface area (Å²) in [5, 5.41) is 15.7. The van der Waals surface area contributed by atoms with Gasteiger partial charge in [-0.25, -0.2) is 4.79 Å². The predicted molar refractivity (Wildman–Crippen MR) is 109 cm³/mol. The zero-order chi connectivity index (χ0) is 19.9. The van der Waals surface area contributed by atoms with Gasteiger partial charge in [0.2, 0.25) is 0 Å². The van der Waals surface area contributed by atoms with Gasteiger partial charge in [0, 0.05) is 24.5 Å². The molecule has 3 N–H and O–H groups in total. The number of aliphatic hydroxyl groups is 1. The number of anilines is 1. The number of nitrogens with zero attached hydrogens (tertiary/aromatic N) is 1. The molecule has 28 heavy (non-hydrogen) atoms. The lowest BCUT2D eigenvalue weighted by atomic mass is 10.0. The van der Waals surface area contributed by atoms with Crippen molar-refractivity contribution in [2.75, 3.05) is 11.9 Å². The summed E-state index contributed by atoms with van der Waals surface area (Å²) in [5.41, 5.74) is 3.30. The van der Waals surface area contributed by atoms with Crippen LogP contribution < -0.4 is 16.2 Å². The van der Waals surface area contributed by atoms with E-state index >= 15 is 0 Å². The Kier molecular flexibility index (Phi) is 6.24. The van der Waals surface area contributed by atoms with Crippen molar-refractivity contribution in [1.29, 1.82) is 0 Å². The smallest absolute Gasteiger partial charge is 0.319 e. The highest BCUT2D eigenvalue weighted by Gasteiger charge is 2.11. The van der Waals surface area contributed by atoms with Gasteiger partial charge in [-0.15, -0.1) is 0 Å². The van der Waals surface area contributed by atoms with E-state index in [1.54, 1.807) is 29.0 Å². The normalized spacial score (nSPS) is 11.6. The molecule has 0 radical (unpaired) electrons. The summed E-state index contributed by atoms with van der Waals surface area (Å²) >= 11 is 0. The lowest BCUT2D eigenvalue weighted by Gasteiger charge is -2.15. The van der Waals surface area contributed by atoms with Crippen molar-refractivity contribution in [3.8, 4) is 0 Å². The first-order valence-corrected chi connectivity index (χ1v) is 9.06. The van der Waals surface area contributed by atoms with Gasteiger partial charge in [-0.2, -0.15) is 0 Å². The van der Waals surface area contributed by atoms with Gasteiger partial charge in [0.15, 0.2) is 0 Å². The first-order chi connectivity index (χ1) is 13.5. The quantitative estimate of drug-likeness (QED) is 0.617. The molecular formula is C22H23N3O3. The Hall–Kier alpha value is -3.38. The predicted octanol–water partition coefficient (Wildman–Crippen LogP) is 3.06. The van der Waals surface area contributed by atoms with E-state index in [1.807, 2.05) is 49.4 Å². The first-order valence-electron chi connectivity index (χ1n) is 9.06. The van der Waals surface area contributed by atoms with Crippen LogP contribution in [0, 0.1) is 6.92 Å². The van der Waals surface area contributed by atoms with Crippen LogP contribution in [0.4, 0.5) is 10.5 Å². The maximum atomic E-state index is 12.1. The van der Waals surface area contributed by atoms with Crippen LogP contribution in [0.5, 0.6) is 0 Å². The van der Waals surface area contributed by atoms with E-state index < -0.39 is 6.10 Å². The van der Waals surface area contributed by atoms with E-state index in [0.717, 1.165) is 16.7 Å². The van der Waals surface area contributed by atoms with Crippen molar-refractivity contribution in [1.82, 2.24) is 9.88 Å². The monoisotopic (exact) mass is 377 g/mol.